The number of allylic oxidation sites excluding steroid dienone is 1. The highest BCUT2D eigenvalue weighted by molar-refractivity contribution is 6.33. The van der Waals surface area contributed by atoms with E-state index in [1.165, 1.54) is 26.4 Å². The molecule has 0 aliphatic heterocycles. The van der Waals surface area contributed by atoms with Gasteiger partial charge in [0.2, 0.25) is 0 Å². The molecule has 1 atom stereocenters. The molecule has 9 nitrogen and oxygen atoms in total. The standard InChI is InChI=1S/C14H18O4.C8H10O2.C6H10O3.BF3/c1-8(14(17)18-4)5-6-11-10(3)12(15)7-9(2)13(11)16;1-5-3-8(10)6(2)4-7(5)9;1-5(3-4-7)6(8)9-2;2-1(3)4/h5,7,15-16H,6H2,1-4H3;3-4,9-10H,1-2H3;3-5,7H,1-2H3;/b8-5+;;4-3-;. The van der Waals surface area contributed by atoms with Crippen molar-refractivity contribution in [3.63, 3.8) is 0 Å². The maximum atomic E-state index is 11.2. The van der Waals surface area contributed by atoms with Gasteiger partial charge < -0.3 is 35.0 Å². The second kappa shape index (κ2) is 19.7. The first-order valence-electron chi connectivity index (χ1n) is 12.0. The first-order chi connectivity index (χ1) is 18.9. The van der Waals surface area contributed by atoms with Crippen molar-refractivity contribution in [3.8, 4) is 23.0 Å². The zero-order valence-electron chi connectivity index (χ0n) is 24.3. The zero-order chi connectivity index (χ0) is 32.4. The lowest BCUT2D eigenvalue weighted by Crippen LogP contribution is -2.09. The van der Waals surface area contributed by atoms with Gasteiger partial charge in [-0.05, 0) is 94.5 Å². The van der Waals surface area contributed by atoms with Crippen LogP contribution >= 0.6 is 0 Å². The molecule has 0 radical (unpaired) electrons. The van der Waals surface area contributed by atoms with Crippen LogP contribution in [0.1, 0.15) is 41.7 Å². The smallest absolute Gasteiger partial charge is 0.516 e. The number of ether oxygens (including phenoxy) is 2. The summed E-state index contributed by atoms with van der Waals surface area (Å²) in [6.07, 6.45) is 4.23. The average Bonchev–Trinajstić information content (AvgIpc) is 2.90. The van der Waals surface area contributed by atoms with E-state index >= 15 is 0 Å². The predicted molar refractivity (Wildman–Crippen MR) is 150 cm³/mol. The molecular formula is C28H38BF3O9. The van der Waals surface area contributed by atoms with E-state index in [9.17, 15) is 32.7 Å². The molecule has 0 spiro atoms. The van der Waals surface area contributed by atoms with Gasteiger partial charge in [0.1, 0.15) is 23.0 Å². The summed E-state index contributed by atoms with van der Waals surface area (Å²) in [6, 6.07) is 4.61. The number of aryl methyl sites for hydroxylation is 3. The topological polar surface area (TPSA) is 154 Å². The van der Waals surface area contributed by atoms with Gasteiger partial charge in [-0.25, -0.2) is 4.79 Å². The van der Waals surface area contributed by atoms with Gasteiger partial charge in [-0.15, -0.1) is 0 Å². The molecule has 2 aromatic rings. The highest BCUT2D eigenvalue weighted by atomic mass is 19.4. The predicted octanol–water partition coefficient (Wildman–Crippen LogP) is 5.84. The molecule has 0 bridgehead atoms. The number of esters is 2. The van der Waals surface area contributed by atoms with Crippen LogP contribution in [-0.4, -0.2) is 59.2 Å². The molecular weight excluding hydrogens is 548 g/mol. The van der Waals surface area contributed by atoms with Crippen molar-refractivity contribution < 1.29 is 57.5 Å². The molecule has 0 saturated heterocycles. The second-order valence-electron chi connectivity index (χ2n) is 8.57. The molecule has 0 aliphatic carbocycles. The minimum absolute atomic E-state index is 0.143. The number of aliphatic hydroxyl groups is 1. The normalized spacial score (nSPS) is 11.0. The van der Waals surface area contributed by atoms with Gasteiger partial charge in [-0.1, -0.05) is 6.08 Å². The molecule has 0 heterocycles. The van der Waals surface area contributed by atoms with E-state index in [2.05, 4.69) is 9.47 Å². The third-order valence-corrected chi connectivity index (χ3v) is 5.43. The summed E-state index contributed by atoms with van der Waals surface area (Å²) >= 11 is 0. The van der Waals surface area contributed by atoms with Crippen molar-refractivity contribution >= 4 is 19.5 Å². The number of phenolic OH excluding ortho intramolecular Hbond substituents is 4. The van der Waals surface area contributed by atoms with Crippen LogP contribution in [-0.2, 0) is 25.5 Å². The number of aliphatic hydroxyl groups excluding tert-OH is 1. The summed E-state index contributed by atoms with van der Waals surface area (Å²) < 4.78 is 38.0. The molecule has 2 aromatic carbocycles. The van der Waals surface area contributed by atoms with Gasteiger partial charge in [-0.3, -0.25) is 17.7 Å². The Morgan fingerprint density at radius 3 is 1.71 bits per heavy atom. The molecule has 2 rings (SSSR count). The molecule has 0 aromatic heterocycles. The average molecular weight is 586 g/mol. The molecule has 0 amide bonds. The first-order valence-corrected chi connectivity index (χ1v) is 12.0. The number of methoxy groups -OCH3 is 2. The Morgan fingerprint density at radius 2 is 1.32 bits per heavy atom. The highest BCUT2D eigenvalue weighted by Crippen LogP contribution is 2.32. The molecule has 5 N–H and O–H groups in total. The second-order valence-corrected chi connectivity index (χ2v) is 8.57. The van der Waals surface area contributed by atoms with Crippen LogP contribution in [0.3, 0.4) is 0 Å². The Hall–Kier alpha value is -4.29. The first kappa shape index (κ1) is 38.9. The number of benzene rings is 2. The Kier molecular flexibility index (Phi) is 18.7. The number of hydrogen-bond donors (Lipinski definition) is 5. The Bertz CT molecular complexity index is 1120. The Labute approximate surface area is 238 Å². The van der Waals surface area contributed by atoms with Gasteiger partial charge >= 0.3 is 19.5 Å². The SMILES string of the molecule is COC(=O)/C(C)=C/Cc1c(C)c(O)cc(C)c1O.COC(=O)C(C)/C=C\O.Cc1cc(O)c(C)cc1O.FB(F)F. The van der Waals surface area contributed by atoms with Gasteiger partial charge in [-0.2, -0.15) is 0 Å². The van der Waals surface area contributed by atoms with E-state index < -0.39 is 13.5 Å². The summed E-state index contributed by atoms with van der Waals surface area (Å²) in [5.41, 5.74) is 3.71. The number of aromatic hydroxyl groups is 4. The van der Waals surface area contributed by atoms with E-state index in [0.717, 1.165) is 6.26 Å². The Balaban J connectivity index is 0. The van der Waals surface area contributed by atoms with Crippen LogP contribution in [0, 0.1) is 33.6 Å². The van der Waals surface area contributed by atoms with E-state index in [4.69, 9.17) is 15.3 Å². The van der Waals surface area contributed by atoms with Crippen LogP contribution in [0.25, 0.3) is 0 Å². The van der Waals surface area contributed by atoms with Crippen LogP contribution in [0.5, 0.6) is 23.0 Å². The lowest BCUT2D eigenvalue weighted by molar-refractivity contribution is -0.143. The minimum atomic E-state index is -3.67. The Morgan fingerprint density at radius 1 is 0.878 bits per heavy atom. The van der Waals surface area contributed by atoms with Crippen molar-refractivity contribution in [1.82, 2.24) is 0 Å². The van der Waals surface area contributed by atoms with Crippen LogP contribution in [0.4, 0.5) is 12.9 Å². The molecule has 0 saturated carbocycles. The fourth-order valence-electron chi connectivity index (χ4n) is 2.88. The van der Waals surface area contributed by atoms with Crippen molar-refractivity contribution in [1.29, 1.82) is 0 Å². The number of halogens is 3. The third-order valence-electron chi connectivity index (χ3n) is 5.43. The summed E-state index contributed by atoms with van der Waals surface area (Å²) in [6.45, 7) is 10.2. The number of phenols is 4. The van der Waals surface area contributed by atoms with Gasteiger partial charge in [0.05, 0.1) is 26.4 Å². The van der Waals surface area contributed by atoms with Gasteiger partial charge in [0, 0.05) is 11.1 Å². The molecule has 0 fully saturated rings. The maximum absolute atomic E-state index is 11.2. The fraction of sp³-hybridized carbons (Fsp3) is 0.357. The van der Waals surface area contributed by atoms with E-state index in [-0.39, 0.29) is 34.9 Å². The number of hydrogen-bond acceptors (Lipinski definition) is 9. The van der Waals surface area contributed by atoms with E-state index in [0.29, 0.717) is 39.8 Å². The molecule has 41 heavy (non-hydrogen) atoms. The van der Waals surface area contributed by atoms with Gasteiger partial charge in [0.25, 0.3) is 0 Å². The number of carbonyl (C=O) groups is 2. The van der Waals surface area contributed by atoms with Gasteiger partial charge in [0.15, 0.2) is 0 Å². The highest BCUT2D eigenvalue weighted by Gasteiger charge is 2.12. The summed E-state index contributed by atoms with van der Waals surface area (Å²) in [4.78, 5) is 21.8. The largest absolute Gasteiger partial charge is 0.762 e. The minimum Gasteiger partial charge on any atom is -0.516 e. The lowest BCUT2D eigenvalue weighted by Gasteiger charge is -2.11. The molecule has 1 unspecified atom stereocenters. The molecule has 13 heteroatoms. The third kappa shape index (κ3) is 15.2. The molecule has 228 valence electrons. The fourth-order valence-corrected chi connectivity index (χ4v) is 2.88. The van der Waals surface area contributed by atoms with Crippen LogP contribution < -0.4 is 0 Å². The van der Waals surface area contributed by atoms with E-state index in [1.54, 1.807) is 59.8 Å². The van der Waals surface area contributed by atoms with Crippen molar-refractivity contribution in [2.45, 2.75) is 48.0 Å². The number of carbonyl (C=O) groups excluding carboxylic acids is 2. The van der Waals surface area contributed by atoms with Crippen molar-refractivity contribution in [3.05, 3.63) is 70.0 Å². The van der Waals surface area contributed by atoms with Crippen LogP contribution in [0.15, 0.2) is 42.2 Å². The quantitative estimate of drug-likeness (QED) is 0.0956. The lowest BCUT2D eigenvalue weighted by atomic mass is 9.99. The summed E-state index contributed by atoms with van der Waals surface area (Å²) in [5.74, 6) is -0.349. The number of rotatable bonds is 5. The van der Waals surface area contributed by atoms with E-state index in [1.807, 2.05) is 0 Å². The van der Waals surface area contributed by atoms with Crippen molar-refractivity contribution in [2.75, 3.05) is 14.2 Å². The zero-order valence-corrected chi connectivity index (χ0v) is 24.3. The van der Waals surface area contributed by atoms with Crippen LogP contribution in [0.2, 0.25) is 0 Å². The summed E-state index contributed by atoms with van der Waals surface area (Å²) in [5, 5.41) is 46.1. The molecule has 0 aliphatic rings. The summed E-state index contributed by atoms with van der Waals surface area (Å²) in [7, 11) is -1.04. The monoisotopic (exact) mass is 586 g/mol. The van der Waals surface area contributed by atoms with Crippen molar-refractivity contribution in [2.24, 2.45) is 5.92 Å². The maximum Gasteiger partial charge on any atom is 0.762 e.